The normalized spacial score (nSPS) is 27.1. The highest BCUT2D eigenvalue weighted by Crippen LogP contribution is 2.19. The third-order valence-corrected chi connectivity index (χ3v) is 3.33. The van der Waals surface area contributed by atoms with Crippen LogP contribution in [0.1, 0.15) is 20.3 Å². The van der Waals surface area contributed by atoms with Crippen LogP contribution in [0.25, 0.3) is 0 Å². The highest BCUT2D eigenvalue weighted by Gasteiger charge is 2.37. The summed E-state index contributed by atoms with van der Waals surface area (Å²) >= 11 is 5.94. The zero-order valence-electron chi connectivity index (χ0n) is 10.1. The van der Waals surface area contributed by atoms with Crippen LogP contribution in [0, 0.1) is 0 Å². The molecule has 1 aliphatic heterocycles. The second kappa shape index (κ2) is 6.42. The summed E-state index contributed by atoms with van der Waals surface area (Å²) in [6, 6.07) is 0. The van der Waals surface area contributed by atoms with E-state index in [1.54, 1.807) is 12.0 Å². The molecule has 3 unspecified atom stereocenters. The minimum Gasteiger partial charge on any atom is -0.377 e. The molecule has 0 saturated carbocycles. The Morgan fingerprint density at radius 3 is 2.56 bits per heavy atom. The van der Waals surface area contributed by atoms with Crippen LogP contribution in [0.5, 0.6) is 0 Å². The Kier molecular flexibility index (Phi) is 5.52. The number of hydrogen-bond acceptors (Lipinski definition) is 3. The van der Waals surface area contributed by atoms with E-state index in [9.17, 15) is 4.79 Å². The van der Waals surface area contributed by atoms with Crippen LogP contribution < -0.4 is 0 Å². The van der Waals surface area contributed by atoms with Crippen LogP contribution in [0.2, 0.25) is 0 Å². The molecule has 0 N–H and O–H groups in total. The number of carbonyl (C=O) groups is 1. The van der Waals surface area contributed by atoms with Gasteiger partial charge in [0.1, 0.15) is 17.6 Å². The van der Waals surface area contributed by atoms with Crippen molar-refractivity contribution in [3.63, 3.8) is 0 Å². The number of ether oxygens (including phenoxy) is 2. The average molecular weight is 250 g/mol. The largest absolute Gasteiger partial charge is 0.377 e. The fourth-order valence-corrected chi connectivity index (χ4v) is 2.04. The highest BCUT2D eigenvalue weighted by atomic mass is 35.5. The Morgan fingerprint density at radius 1 is 1.44 bits per heavy atom. The lowest BCUT2D eigenvalue weighted by molar-refractivity contribution is -0.130. The van der Waals surface area contributed by atoms with E-state index in [0.29, 0.717) is 26.1 Å². The predicted molar refractivity (Wildman–Crippen MR) is 62.7 cm³/mol. The first kappa shape index (κ1) is 13.7. The molecular formula is C11H20ClNO3. The van der Waals surface area contributed by atoms with Gasteiger partial charge in [0.15, 0.2) is 0 Å². The number of halogens is 1. The molecule has 1 aliphatic rings. The molecule has 0 aromatic rings. The van der Waals surface area contributed by atoms with Gasteiger partial charge in [0.25, 0.3) is 0 Å². The summed E-state index contributed by atoms with van der Waals surface area (Å²) < 4.78 is 10.8. The van der Waals surface area contributed by atoms with Crippen molar-refractivity contribution >= 4 is 17.5 Å². The van der Waals surface area contributed by atoms with Crippen LogP contribution in [-0.4, -0.2) is 55.2 Å². The van der Waals surface area contributed by atoms with E-state index in [1.807, 2.05) is 13.8 Å². The lowest BCUT2D eigenvalue weighted by Gasteiger charge is -2.18. The molecule has 1 rings (SSSR count). The Labute approximate surface area is 102 Å². The summed E-state index contributed by atoms with van der Waals surface area (Å²) in [5.41, 5.74) is 0. The number of hydrogen-bond donors (Lipinski definition) is 0. The lowest BCUT2D eigenvalue weighted by atomic mass is 10.2. The molecule has 0 spiro atoms. The van der Waals surface area contributed by atoms with Crippen molar-refractivity contribution in [2.75, 3.05) is 26.8 Å². The van der Waals surface area contributed by atoms with E-state index in [0.717, 1.165) is 0 Å². The maximum Gasteiger partial charge on any atom is 0.240 e. The van der Waals surface area contributed by atoms with Crippen molar-refractivity contribution in [2.24, 2.45) is 0 Å². The van der Waals surface area contributed by atoms with E-state index in [2.05, 4.69) is 0 Å². The molecule has 0 radical (unpaired) electrons. The van der Waals surface area contributed by atoms with Crippen LogP contribution >= 0.6 is 11.6 Å². The zero-order chi connectivity index (χ0) is 12.1. The molecule has 4 nitrogen and oxygen atoms in total. The van der Waals surface area contributed by atoms with Gasteiger partial charge in [0.05, 0.1) is 0 Å². The number of alkyl halides is 1. The van der Waals surface area contributed by atoms with Gasteiger partial charge in [-0.3, -0.25) is 4.79 Å². The quantitative estimate of drug-likeness (QED) is 0.689. The number of nitrogens with zero attached hydrogens (tertiary/aromatic N) is 1. The van der Waals surface area contributed by atoms with Gasteiger partial charge >= 0.3 is 0 Å². The fraction of sp³-hybridized carbons (Fsp3) is 0.909. The minimum atomic E-state index is -0.433. The van der Waals surface area contributed by atoms with Crippen molar-refractivity contribution in [1.29, 1.82) is 0 Å². The molecule has 94 valence electrons. The summed E-state index contributed by atoms with van der Waals surface area (Å²) in [6.07, 6.45) is 0.581. The van der Waals surface area contributed by atoms with Crippen molar-refractivity contribution < 1.29 is 14.3 Å². The lowest BCUT2D eigenvalue weighted by Crippen LogP contribution is -2.35. The molecule has 1 fully saturated rings. The number of likely N-dealkylation sites (tertiary alicyclic amines) is 1. The highest BCUT2D eigenvalue weighted by molar-refractivity contribution is 6.30. The zero-order valence-corrected chi connectivity index (χ0v) is 10.9. The SMILES string of the molecule is CCOC1CN(C(=O)C(Cl)CC)CC1OC. The molecule has 0 aromatic carbocycles. The minimum absolute atomic E-state index is 0.0200. The molecule has 0 aliphatic carbocycles. The van der Waals surface area contributed by atoms with Gasteiger partial charge in [-0.25, -0.2) is 0 Å². The maximum absolute atomic E-state index is 11.9. The average Bonchev–Trinajstić information content (AvgIpc) is 2.70. The van der Waals surface area contributed by atoms with Gasteiger partial charge in [-0.15, -0.1) is 11.6 Å². The first-order valence-corrected chi connectivity index (χ1v) is 6.14. The van der Waals surface area contributed by atoms with Crippen LogP contribution in [0.15, 0.2) is 0 Å². The second-order valence-electron chi connectivity index (χ2n) is 3.89. The fourth-order valence-electron chi connectivity index (χ4n) is 1.90. The summed E-state index contributed by atoms with van der Waals surface area (Å²) in [4.78, 5) is 13.6. The molecule has 1 heterocycles. The third-order valence-electron chi connectivity index (χ3n) is 2.84. The van der Waals surface area contributed by atoms with Gasteiger partial charge in [0.2, 0.25) is 5.91 Å². The molecule has 3 atom stereocenters. The first-order valence-electron chi connectivity index (χ1n) is 5.71. The summed E-state index contributed by atoms with van der Waals surface area (Å²) in [7, 11) is 1.64. The van der Waals surface area contributed by atoms with Gasteiger partial charge in [-0.2, -0.15) is 0 Å². The van der Waals surface area contributed by atoms with Gasteiger partial charge in [-0.05, 0) is 13.3 Å². The number of rotatable bonds is 5. The molecular weight excluding hydrogens is 230 g/mol. The topological polar surface area (TPSA) is 38.8 Å². The van der Waals surface area contributed by atoms with E-state index >= 15 is 0 Å². The summed E-state index contributed by atoms with van der Waals surface area (Å²) in [5, 5.41) is -0.433. The molecule has 5 heteroatoms. The second-order valence-corrected chi connectivity index (χ2v) is 4.41. The Balaban J connectivity index is 2.56. The predicted octanol–water partition coefficient (Wildman–Crippen LogP) is 1.27. The van der Waals surface area contributed by atoms with E-state index in [1.165, 1.54) is 0 Å². The maximum atomic E-state index is 11.9. The van der Waals surface area contributed by atoms with E-state index in [4.69, 9.17) is 21.1 Å². The van der Waals surface area contributed by atoms with E-state index < -0.39 is 5.38 Å². The number of carbonyl (C=O) groups excluding carboxylic acids is 1. The molecule has 0 aromatic heterocycles. The standard InChI is InChI=1S/C11H20ClNO3/c1-4-8(12)11(14)13-6-9(15-3)10(7-13)16-5-2/h8-10H,4-7H2,1-3H3. The summed E-state index contributed by atoms with van der Waals surface area (Å²) in [5.74, 6) is -0.0200. The van der Waals surface area contributed by atoms with Crippen LogP contribution in [0.4, 0.5) is 0 Å². The van der Waals surface area contributed by atoms with Gasteiger partial charge < -0.3 is 14.4 Å². The van der Waals surface area contributed by atoms with Gasteiger partial charge in [-0.1, -0.05) is 6.92 Å². The Hall–Kier alpha value is -0.320. The smallest absolute Gasteiger partial charge is 0.240 e. The van der Waals surface area contributed by atoms with Crippen molar-refractivity contribution in [3.05, 3.63) is 0 Å². The monoisotopic (exact) mass is 249 g/mol. The Bertz CT molecular complexity index is 237. The van der Waals surface area contributed by atoms with Gasteiger partial charge in [0, 0.05) is 26.8 Å². The summed E-state index contributed by atoms with van der Waals surface area (Å²) in [6.45, 7) is 5.62. The molecule has 0 bridgehead atoms. The Morgan fingerprint density at radius 2 is 2.06 bits per heavy atom. The van der Waals surface area contributed by atoms with Crippen molar-refractivity contribution in [1.82, 2.24) is 4.90 Å². The third kappa shape index (κ3) is 3.09. The van der Waals surface area contributed by atoms with Crippen LogP contribution in [0.3, 0.4) is 0 Å². The van der Waals surface area contributed by atoms with Crippen LogP contribution in [-0.2, 0) is 14.3 Å². The van der Waals surface area contributed by atoms with Crippen molar-refractivity contribution in [3.8, 4) is 0 Å². The molecule has 16 heavy (non-hydrogen) atoms. The number of amides is 1. The number of methoxy groups -OCH3 is 1. The van der Waals surface area contributed by atoms with E-state index in [-0.39, 0.29) is 18.1 Å². The molecule has 1 amide bonds. The van der Waals surface area contributed by atoms with Crippen molar-refractivity contribution in [2.45, 2.75) is 37.9 Å². The first-order chi connectivity index (χ1) is 7.63. The molecule has 1 saturated heterocycles.